The maximum atomic E-state index is 13.9. The zero-order valence-corrected chi connectivity index (χ0v) is 15.3. The molecule has 0 aliphatic carbocycles. The monoisotopic (exact) mass is 474 g/mol. The van der Waals surface area contributed by atoms with Crippen LogP contribution in [0.25, 0.3) is 10.8 Å². The number of rotatable bonds is 2. The van der Waals surface area contributed by atoms with Crippen molar-refractivity contribution in [3.8, 4) is 0 Å². The van der Waals surface area contributed by atoms with Crippen LogP contribution in [-0.4, -0.2) is 0 Å². The molecule has 3 rings (SSSR count). The van der Waals surface area contributed by atoms with Crippen LogP contribution in [0.2, 0.25) is 0 Å². The van der Waals surface area contributed by atoms with Crippen molar-refractivity contribution in [3.05, 3.63) is 79.6 Å². The minimum atomic E-state index is -0.320. The van der Waals surface area contributed by atoms with Gasteiger partial charge in [0.1, 0.15) is 5.82 Å². The van der Waals surface area contributed by atoms with Gasteiger partial charge in [0.25, 0.3) is 0 Å². The summed E-state index contributed by atoms with van der Waals surface area (Å²) in [5.41, 5.74) is 1.94. The van der Waals surface area contributed by atoms with E-state index in [2.05, 4.69) is 38.5 Å². The summed E-state index contributed by atoms with van der Waals surface area (Å²) in [5.74, 6) is -0.220. The van der Waals surface area contributed by atoms with Crippen LogP contribution in [0.5, 0.6) is 0 Å². The lowest BCUT2D eigenvalue weighted by Gasteiger charge is -2.15. The molecule has 1 unspecified atom stereocenters. The molecular weight excluding hydrogens is 465 g/mol. The van der Waals surface area contributed by atoms with Crippen molar-refractivity contribution in [2.45, 2.75) is 5.38 Å². The van der Waals surface area contributed by atoms with E-state index in [1.807, 2.05) is 36.4 Å². The molecule has 0 saturated heterocycles. The second-order valence-corrected chi connectivity index (χ2v) is 7.22. The molecule has 0 N–H and O–H groups in total. The van der Waals surface area contributed by atoms with Crippen molar-refractivity contribution in [2.75, 3.05) is 0 Å². The van der Waals surface area contributed by atoms with Crippen molar-refractivity contribution < 1.29 is 4.39 Å². The highest BCUT2D eigenvalue weighted by atomic mass is 127. The Balaban J connectivity index is 2.20. The van der Waals surface area contributed by atoms with Gasteiger partial charge in [-0.1, -0.05) is 46.3 Å². The molecule has 0 aromatic heterocycles. The Hall–Kier alpha value is -0.650. The van der Waals surface area contributed by atoms with E-state index >= 15 is 0 Å². The molecule has 106 valence electrons. The van der Waals surface area contributed by atoms with Crippen molar-refractivity contribution in [3.63, 3.8) is 0 Å². The smallest absolute Gasteiger partial charge is 0.131 e. The summed E-state index contributed by atoms with van der Waals surface area (Å²) in [6.45, 7) is 0. The molecule has 0 fully saturated rings. The van der Waals surface area contributed by atoms with Gasteiger partial charge in [0, 0.05) is 13.4 Å². The van der Waals surface area contributed by atoms with E-state index in [4.69, 9.17) is 11.6 Å². The molecule has 0 aliphatic heterocycles. The highest BCUT2D eigenvalue weighted by molar-refractivity contribution is 14.1. The molecule has 0 radical (unpaired) electrons. The van der Waals surface area contributed by atoms with Gasteiger partial charge >= 0.3 is 0 Å². The average Bonchev–Trinajstić information content (AvgIpc) is 2.50. The number of benzene rings is 3. The molecule has 0 bridgehead atoms. The molecule has 0 heterocycles. The fourth-order valence-electron chi connectivity index (χ4n) is 2.38. The normalized spacial score (nSPS) is 12.6. The maximum Gasteiger partial charge on any atom is 0.131 e. The molecule has 1 atom stereocenters. The van der Waals surface area contributed by atoms with Gasteiger partial charge in [-0.05, 0) is 63.4 Å². The van der Waals surface area contributed by atoms with Gasteiger partial charge in [-0.2, -0.15) is 0 Å². The predicted molar refractivity (Wildman–Crippen MR) is 98.5 cm³/mol. The second kappa shape index (κ2) is 6.23. The minimum Gasteiger partial charge on any atom is -0.206 e. The summed E-state index contributed by atoms with van der Waals surface area (Å²) < 4.78 is 16.0. The first-order valence-electron chi connectivity index (χ1n) is 6.34. The van der Waals surface area contributed by atoms with Crippen molar-refractivity contribution in [1.29, 1.82) is 0 Å². The SMILES string of the molecule is Fc1ccc(C(Cl)c2cc(Br)ccc2I)c2ccccc12. The van der Waals surface area contributed by atoms with E-state index in [1.54, 1.807) is 12.1 Å². The first-order chi connectivity index (χ1) is 10.1. The molecule has 0 spiro atoms. The highest BCUT2D eigenvalue weighted by Gasteiger charge is 2.18. The zero-order valence-electron chi connectivity index (χ0n) is 10.8. The van der Waals surface area contributed by atoms with Crippen LogP contribution in [0.1, 0.15) is 16.5 Å². The number of hydrogen-bond donors (Lipinski definition) is 0. The van der Waals surface area contributed by atoms with Crippen LogP contribution in [-0.2, 0) is 0 Å². The molecule has 21 heavy (non-hydrogen) atoms. The third kappa shape index (κ3) is 2.96. The summed E-state index contributed by atoms with van der Waals surface area (Å²) in [6.07, 6.45) is 0. The van der Waals surface area contributed by atoms with Gasteiger partial charge in [-0.3, -0.25) is 0 Å². The molecule has 0 amide bonds. The van der Waals surface area contributed by atoms with Crippen LogP contribution in [0.15, 0.2) is 59.1 Å². The molecule has 0 nitrogen and oxygen atoms in total. The number of fused-ring (bicyclic) bond motifs is 1. The Bertz CT molecular complexity index is 819. The number of hydrogen-bond acceptors (Lipinski definition) is 0. The molecule has 3 aromatic carbocycles. The van der Waals surface area contributed by atoms with Crippen molar-refractivity contribution in [1.82, 2.24) is 0 Å². The van der Waals surface area contributed by atoms with Gasteiger partial charge in [0.2, 0.25) is 0 Å². The first kappa shape index (κ1) is 15.3. The fraction of sp³-hybridized carbons (Fsp3) is 0.0588. The third-order valence-corrected chi connectivity index (χ3v) is 5.35. The Morgan fingerprint density at radius 3 is 2.43 bits per heavy atom. The van der Waals surface area contributed by atoms with E-state index in [-0.39, 0.29) is 11.2 Å². The van der Waals surface area contributed by atoms with Crippen LogP contribution in [0.3, 0.4) is 0 Å². The summed E-state index contributed by atoms with van der Waals surface area (Å²) >= 11 is 12.4. The largest absolute Gasteiger partial charge is 0.206 e. The number of halogens is 4. The van der Waals surface area contributed by atoms with E-state index in [1.165, 1.54) is 6.07 Å². The Kier molecular flexibility index (Phi) is 4.52. The molecular formula is C17H10BrClFI. The van der Waals surface area contributed by atoms with Crippen LogP contribution < -0.4 is 0 Å². The van der Waals surface area contributed by atoms with E-state index in [0.29, 0.717) is 5.39 Å². The predicted octanol–water partition coefficient (Wildman–Crippen LogP) is 6.67. The standard InChI is InChI=1S/C17H10BrClFI/c18-10-5-8-16(21)14(9-10)17(19)13-6-7-15(20)12-4-2-1-3-11(12)13/h1-9,17H. The van der Waals surface area contributed by atoms with Crippen LogP contribution >= 0.6 is 50.1 Å². The molecule has 4 heteroatoms. The summed E-state index contributed by atoms with van der Waals surface area (Å²) in [6, 6.07) is 16.7. The zero-order chi connectivity index (χ0) is 15.0. The summed E-state index contributed by atoms with van der Waals surface area (Å²) in [5, 5.41) is 1.14. The summed E-state index contributed by atoms with van der Waals surface area (Å²) in [4.78, 5) is 0. The van der Waals surface area contributed by atoms with E-state index in [9.17, 15) is 4.39 Å². The van der Waals surface area contributed by atoms with Gasteiger partial charge in [0.05, 0.1) is 5.38 Å². The number of alkyl halides is 1. The van der Waals surface area contributed by atoms with Gasteiger partial charge in [-0.25, -0.2) is 4.39 Å². The molecule has 3 aromatic rings. The van der Waals surface area contributed by atoms with Crippen LogP contribution in [0, 0.1) is 9.39 Å². The minimum absolute atomic E-state index is 0.220. The Labute approximate surface area is 149 Å². The lowest BCUT2D eigenvalue weighted by Crippen LogP contribution is -1.98. The lowest BCUT2D eigenvalue weighted by molar-refractivity contribution is 0.639. The second-order valence-electron chi connectivity index (χ2n) is 4.71. The fourth-order valence-corrected chi connectivity index (χ4v) is 3.96. The Morgan fingerprint density at radius 2 is 1.67 bits per heavy atom. The van der Waals surface area contributed by atoms with Crippen LogP contribution in [0.4, 0.5) is 4.39 Å². The molecule has 0 saturated carbocycles. The third-order valence-electron chi connectivity index (χ3n) is 3.41. The topological polar surface area (TPSA) is 0 Å². The van der Waals surface area contributed by atoms with E-state index < -0.39 is 0 Å². The van der Waals surface area contributed by atoms with E-state index in [0.717, 1.165) is 24.6 Å². The van der Waals surface area contributed by atoms with Gasteiger partial charge in [0.15, 0.2) is 0 Å². The average molecular weight is 476 g/mol. The van der Waals surface area contributed by atoms with Crippen molar-refractivity contribution >= 4 is 60.9 Å². The van der Waals surface area contributed by atoms with Gasteiger partial charge in [-0.15, -0.1) is 11.6 Å². The Morgan fingerprint density at radius 1 is 0.952 bits per heavy atom. The summed E-state index contributed by atoms with van der Waals surface area (Å²) in [7, 11) is 0. The maximum absolute atomic E-state index is 13.9. The molecule has 0 aliphatic rings. The highest BCUT2D eigenvalue weighted by Crippen LogP contribution is 2.37. The van der Waals surface area contributed by atoms with Gasteiger partial charge < -0.3 is 0 Å². The first-order valence-corrected chi connectivity index (χ1v) is 8.65. The lowest BCUT2D eigenvalue weighted by atomic mass is 9.98. The quantitative estimate of drug-likeness (QED) is 0.287. The van der Waals surface area contributed by atoms with Crippen molar-refractivity contribution in [2.24, 2.45) is 0 Å².